The lowest BCUT2D eigenvalue weighted by atomic mass is 10.1. The number of methoxy groups -OCH3 is 1. The zero-order valence-electron chi connectivity index (χ0n) is 14.6. The molecule has 0 unspecified atom stereocenters. The van der Waals surface area contributed by atoms with Crippen molar-refractivity contribution in [3.8, 4) is 11.5 Å². The summed E-state index contributed by atoms with van der Waals surface area (Å²) in [6.45, 7) is 2.67. The van der Waals surface area contributed by atoms with Crippen LogP contribution >= 0.6 is 11.6 Å². The van der Waals surface area contributed by atoms with Gasteiger partial charge in [-0.25, -0.2) is 0 Å². The Morgan fingerprint density at radius 3 is 2.56 bits per heavy atom. The van der Waals surface area contributed by atoms with Gasteiger partial charge in [0.05, 0.1) is 20.3 Å². The van der Waals surface area contributed by atoms with E-state index in [1.165, 1.54) is 5.56 Å². The summed E-state index contributed by atoms with van der Waals surface area (Å²) < 4.78 is 16.4. The van der Waals surface area contributed by atoms with Gasteiger partial charge in [-0.15, -0.1) is 0 Å². The number of esters is 1. The van der Waals surface area contributed by atoms with E-state index in [1.54, 1.807) is 26.2 Å². The number of hydrogen-bond acceptors (Lipinski definition) is 4. The number of carbonyl (C=O) groups is 1. The van der Waals surface area contributed by atoms with Crippen LogP contribution in [0, 0.1) is 0 Å². The van der Waals surface area contributed by atoms with Gasteiger partial charge in [0, 0.05) is 29.5 Å². The first-order valence-corrected chi connectivity index (χ1v) is 8.70. The summed E-state index contributed by atoms with van der Waals surface area (Å²) in [6, 6.07) is 13.6. The third kappa shape index (κ3) is 5.98. The summed E-state index contributed by atoms with van der Waals surface area (Å²) in [6.07, 6.45) is 1.53. The largest absolute Gasteiger partial charge is 0.493 e. The van der Waals surface area contributed by atoms with Crippen molar-refractivity contribution in [2.75, 3.05) is 20.3 Å². The Kier molecular flexibility index (Phi) is 7.61. The van der Waals surface area contributed by atoms with E-state index in [1.807, 2.05) is 18.2 Å². The SMILES string of the molecule is CCOC(=O)CCc1cc(Cl)cc(OC)c1OCCc1ccccc1. The van der Waals surface area contributed by atoms with Crippen molar-refractivity contribution < 1.29 is 19.0 Å². The average Bonchev–Trinajstić information content (AvgIpc) is 2.62. The predicted molar refractivity (Wildman–Crippen MR) is 98.6 cm³/mol. The van der Waals surface area contributed by atoms with E-state index < -0.39 is 0 Å². The molecule has 2 aromatic carbocycles. The third-order valence-corrected chi connectivity index (χ3v) is 3.92. The van der Waals surface area contributed by atoms with E-state index in [0.29, 0.717) is 36.2 Å². The third-order valence-electron chi connectivity index (χ3n) is 3.70. The van der Waals surface area contributed by atoms with Crippen molar-refractivity contribution in [2.24, 2.45) is 0 Å². The van der Waals surface area contributed by atoms with Crippen LogP contribution in [0.4, 0.5) is 0 Å². The lowest BCUT2D eigenvalue weighted by molar-refractivity contribution is -0.143. The van der Waals surface area contributed by atoms with Crippen molar-refractivity contribution in [1.82, 2.24) is 0 Å². The molecule has 0 N–H and O–H groups in total. The number of rotatable bonds is 9. The molecule has 25 heavy (non-hydrogen) atoms. The molecule has 0 radical (unpaired) electrons. The maximum Gasteiger partial charge on any atom is 0.306 e. The highest BCUT2D eigenvalue weighted by molar-refractivity contribution is 6.30. The first-order chi connectivity index (χ1) is 12.1. The maximum atomic E-state index is 11.6. The summed E-state index contributed by atoms with van der Waals surface area (Å²) in [5, 5.41) is 0.547. The van der Waals surface area contributed by atoms with E-state index in [-0.39, 0.29) is 12.4 Å². The number of ether oxygens (including phenoxy) is 3. The quantitative estimate of drug-likeness (QED) is 0.617. The van der Waals surface area contributed by atoms with Gasteiger partial charge in [0.1, 0.15) is 0 Å². The second kappa shape index (κ2) is 9.94. The van der Waals surface area contributed by atoms with Gasteiger partial charge in [0.25, 0.3) is 0 Å². The minimum absolute atomic E-state index is 0.239. The molecule has 0 fully saturated rings. The zero-order chi connectivity index (χ0) is 18.1. The first kappa shape index (κ1) is 19.1. The molecule has 5 heteroatoms. The second-order valence-electron chi connectivity index (χ2n) is 5.49. The van der Waals surface area contributed by atoms with Crippen LogP contribution in [0.15, 0.2) is 42.5 Å². The van der Waals surface area contributed by atoms with E-state index in [4.69, 9.17) is 25.8 Å². The molecule has 0 aliphatic rings. The lowest BCUT2D eigenvalue weighted by Crippen LogP contribution is -2.08. The van der Waals surface area contributed by atoms with Gasteiger partial charge in [-0.1, -0.05) is 41.9 Å². The standard InChI is InChI=1S/C20H23ClO4/c1-3-24-19(22)10-9-16-13-17(21)14-18(23-2)20(16)25-12-11-15-7-5-4-6-8-15/h4-8,13-14H,3,9-12H2,1-2H3. The molecule has 134 valence electrons. The van der Waals surface area contributed by atoms with Crippen molar-refractivity contribution in [1.29, 1.82) is 0 Å². The van der Waals surface area contributed by atoms with E-state index >= 15 is 0 Å². The number of halogens is 1. The van der Waals surface area contributed by atoms with Gasteiger partial charge in [-0.3, -0.25) is 4.79 Å². The van der Waals surface area contributed by atoms with E-state index in [0.717, 1.165) is 12.0 Å². The molecule has 0 aromatic heterocycles. The van der Waals surface area contributed by atoms with Crippen LogP contribution in [0.3, 0.4) is 0 Å². The monoisotopic (exact) mass is 362 g/mol. The molecule has 0 spiro atoms. The van der Waals surface area contributed by atoms with Crippen molar-refractivity contribution >= 4 is 17.6 Å². The summed E-state index contributed by atoms with van der Waals surface area (Å²) in [5.41, 5.74) is 2.04. The number of hydrogen-bond donors (Lipinski definition) is 0. The van der Waals surface area contributed by atoms with Crippen LogP contribution in [-0.4, -0.2) is 26.3 Å². The van der Waals surface area contributed by atoms with Gasteiger partial charge < -0.3 is 14.2 Å². The fourth-order valence-corrected chi connectivity index (χ4v) is 2.74. The van der Waals surface area contributed by atoms with Crippen LogP contribution in [0.1, 0.15) is 24.5 Å². The van der Waals surface area contributed by atoms with E-state index in [9.17, 15) is 4.79 Å². The minimum atomic E-state index is -0.239. The molecule has 0 amide bonds. The topological polar surface area (TPSA) is 44.8 Å². The summed E-state index contributed by atoms with van der Waals surface area (Å²) in [5.74, 6) is 0.961. The number of benzene rings is 2. The summed E-state index contributed by atoms with van der Waals surface area (Å²) in [4.78, 5) is 11.6. The van der Waals surface area contributed by atoms with Gasteiger partial charge in [0.2, 0.25) is 0 Å². The highest BCUT2D eigenvalue weighted by Crippen LogP contribution is 2.35. The molecule has 0 bridgehead atoms. The minimum Gasteiger partial charge on any atom is -0.493 e. The Morgan fingerprint density at radius 2 is 1.88 bits per heavy atom. The molecule has 0 saturated carbocycles. The highest BCUT2D eigenvalue weighted by Gasteiger charge is 2.15. The molecular weight excluding hydrogens is 340 g/mol. The Bertz CT molecular complexity index is 686. The summed E-state index contributed by atoms with van der Waals surface area (Å²) >= 11 is 6.16. The lowest BCUT2D eigenvalue weighted by Gasteiger charge is -2.16. The smallest absolute Gasteiger partial charge is 0.306 e. The summed E-state index contributed by atoms with van der Waals surface area (Å²) in [7, 11) is 1.57. The average molecular weight is 363 g/mol. The van der Waals surface area contributed by atoms with Gasteiger partial charge in [0.15, 0.2) is 11.5 Å². The van der Waals surface area contributed by atoms with Crippen molar-refractivity contribution in [3.05, 3.63) is 58.6 Å². The fraction of sp³-hybridized carbons (Fsp3) is 0.350. The van der Waals surface area contributed by atoms with Crippen molar-refractivity contribution in [3.63, 3.8) is 0 Å². The predicted octanol–water partition coefficient (Wildman–Crippen LogP) is 4.47. The zero-order valence-corrected chi connectivity index (χ0v) is 15.3. The molecule has 0 aliphatic carbocycles. The van der Waals surface area contributed by atoms with Crippen LogP contribution in [-0.2, 0) is 22.4 Å². The highest BCUT2D eigenvalue weighted by atomic mass is 35.5. The molecule has 2 aromatic rings. The Morgan fingerprint density at radius 1 is 1.12 bits per heavy atom. The Hall–Kier alpha value is -2.20. The molecule has 0 aliphatic heterocycles. The maximum absolute atomic E-state index is 11.6. The van der Waals surface area contributed by atoms with E-state index in [2.05, 4.69) is 12.1 Å². The molecule has 0 atom stereocenters. The molecular formula is C20H23ClO4. The molecule has 0 heterocycles. The van der Waals surface area contributed by atoms with Gasteiger partial charge in [-0.05, 0) is 25.0 Å². The Labute approximate surface area is 153 Å². The van der Waals surface area contributed by atoms with Crippen LogP contribution < -0.4 is 9.47 Å². The first-order valence-electron chi connectivity index (χ1n) is 8.32. The normalized spacial score (nSPS) is 10.4. The van der Waals surface area contributed by atoms with Crippen LogP contribution in [0.5, 0.6) is 11.5 Å². The number of aryl methyl sites for hydroxylation is 1. The van der Waals surface area contributed by atoms with Crippen LogP contribution in [0.2, 0.25) is 5.02 Å². The van der Waals surface area contributed by atoms with Gasteiger partial charge >= 0.3 is 5.97 Å². The molecule has 0 saturated heterocycles. The van der Waals surface area contributed by atoms with Crippen LogP contribution in [0.25, 0.3) is 0 Å². The molecule has 4 nitrogen and oxygen atoms in total. The molecule has 2 rings (SSSR count). The fourth-order valence-electron chi connectivity index (χ4n) is 2.51. The second-order valence-corrected chi connectivity index (χ2v) is 5.92. The Balaban J connectivity index is 2.09. The van der Waals surface area contributed by atoms with Gasteiger partial charge in [-0.2, -0.15) is 0 Å². The van der Waals surface area contributed by atoms with Crippen molar-refractivity contribution in [2.45, 2.75) is 26.2 Å². The number of carbonyl (C=O) groups excluding carboxylic acids is 1.